The van der Waals surface area contributed by atoms with E-state index in [4.69, 9.17) is 9.47 Å². The average molecular weight is 314 g/mol. The minimum absolute atomic E-state index is 0.0628. The molecule has 98 valence electrons. The van der Waals surface area contributed by atoms with Crippen LogP contribution in [0.2, 0.25) is 0 Å². The molecule has 1 aromatic carbocycles. The van der Waals surface area contributed by atoms with Crippen LogP contribution in [0.15, 0.2) is 18.2 Å². The fraction of sp³-hybridized carbons (Fsp3) is 0.462. The summed E-state index contributed by atoms with van der Waals surface area (Å²) in [5.74, 6) is 0.833. The molecule has 4 nitrogen and oxygen atoms in total. The highest BCUT2D eigenvalue weighted by molar-refractivity contribution is 9.09. The molecule has 1 amide bonds. The largest absolute Gasteiger partial charge is 0.493 e. The second-order valence-electron chi connectivity index (χ2n) is 3.98. The van der Waals surface area contributed by atoms with E-state index in [1.54, 1.807) is 6.07 Å². The van der Waals surface area contributed by atoms with Crippen molar-refractivity contribution in [1.29, 1.82) is 0 Å². The van der Waals surface area contributed by atoms with Gasteiger partial charge in [-0.2, -0.15) is 0 Å². The summed E-state index contributed by atoms with van der Waals surface area (Å²) in [6, 6.07) is 5.55. The molecule has 1 aromatic rings. The molecule has 0 spiro atoms. The summed E-state index contributed by atoms with van der Waals surface area (Å²) in [7, 11) is 0. The predicted molar refractivity (Wildman–Crippen MR) is 72.6 cm³/mol. The molecule has 1 N–H and O–H groups in total. The van der Waals surface area contributed by atoms with Gasteiger partial charge in [0.15, 0.2) is 0 Å². The Kier molecular flexibility index (Phi) is 5.01. The third-order valence-electron chi connectivity index (χ3n) is 2.71. The highest BCUT2D eigenvalue weighted by atomic mass is 79.9. The molecule has 0 unspecified atom stereocenters. The van der Waals surface area contributed by atoms with Crippen molar-refractivity contribution in [3.8, 4) is 5.75 Å². The standard InChI is InChI=1S/C13H16BrNO3/c14-4-7-17-8-5-15-13(16)11-1-2-12-10(9-11)3-6-18-12/h1-2,9H,3-8H2,(H,15,16). The Morgan fingerprint density at radius 2 is 2.33 bits per heavy atom. The molecule has 0 fully saturated rings. The van der Waals surface area contributed by atoms with Crippen LogP contribution < -0.4 is 10.1 Å². The number of rotatable bonds is 6. The first-order valence-electron chi connectivity index (χ1n) is 5.99. The molecule has 0 aromatic heterocycles. The number of nitrogens with one attached hydrogen (secondary N) is 1. The maximum absolute atomic E-state index is 11.9. The fourth-order valence-corrected chi connectivity index (χ4v) is 2.05. The summed E-state index contributed by atoms with van der Waals surface area (Å²) in [4.78, 5) is 11.9. The van der Waals surface area contributed by atoms with E-state index in [2.05, 4.69) is 21.2 Å². The molecule has 1 heterocycles. The topological polar surface area (TPSA) is 47.6 Å². The maximum Gasteiger partial charge on any atom is 0.251 e. The van der Waals surface area contributed by atoms with Crippen molar-refractivity contribution in [2.75, 3.05) is 31.7 Å². The van der Waals surface area contributed by atoms with Crippen LogP contribution in [-0.4, -0.2) is 37.6 Å². The van der Waals surface area contributed by atoms with E-state index in [0.29, 0.717) is 31.9 Å². The molecule has 2 rings (SSSR count). The molecule has 0 bridgehead atoms. The molecular formula is C13H16BrNO3. The van der Waals surface area contributed by atoms with Gasteiger partial charge in [0.2, 0.25) is 0 Å². The van der Waals surface area contributed by atoms with Gasteiger partial charge in [-0.3, -0.25) is 4.79 Å². The second kappa shape index (κ2) is 6.75. The van der Waals surface area contributed by atoms with E-state index < -0.39 is 0 Å². The van der Waals surface area contributed by atoms with Gasteiger partial charge in [0.1, 0.15) is 5.75 Å². The number of carbonyl (C=O) groups is 1. The maximum atomic E-state index is 11.9. The lowest BCUT2D eigenvalue weighted by Crippen LogP contribution is -2.27. The fourth-order valence-electron chi connectivity index (χ4n) is 1.82. The number of carbonyl (C=O) groups excluding carboxylic acids is 1. The van der Waals surface area contributed by atoms with Gasteiger partial charge in [0.25, 0.3) is 5.91 Å². The van der Waals surface area contributed by atoms with Gasteiger partial charge in [-0.05, 0) is 23.8 Å². The molecule has 0 saturated heterocycles. The number of amides is 1. The summed E-state index contributed by atoms with van der Waals surface area (Å²) < 4.78 is 10.7. The Morgan fingerprint density at radius 3 is 3.17 bits per heavy atom. The number of hydrogen-bond donors (Lipinski definition) is 1. The molecule has 0 saturated carbocycles. The average Bonchev–Trinajstić information content (AvgIpc) is 2.85. The van der Waals surface area contributed by atoms with Crippen LogP contribution in [0.3, 0.4) is 0 Å². The highest BCUT2D eigenvalue weighted by Crippen LogP contribution is 2.25. The van der Waals surface area contributed by atoms with Gasteiger partial charge in [-0.1, -0.05) is 15.9 Å². The Hall–Kier alpha value is -1.07. The number of alkyl halides is 1. The van der Waals surface area contributed by atoms with Gasteiger partial charge < -0.3 is 14.8 Å². The van der Waals surface area contributed by atoms with Crippen LogP contribution in [0.25, 0.3) is 0 Å². The molecule has 0 radical (unpaired) electrons. The smallest absolute Gasteiger partial charge is 0.251 e. The first kappa shape index (κ1) is 13.4. The third kappa shape index (κ3) is 3.46. The first-order chi connectivity index (χ1) is 8.81. The zero-order valence-corrected chi connectivity index (χ0v) is 11.7. The van der Waals surface area contributed by atoms with Crippen LogP contribution in [0.4, 0.5) is 0 Å². The third-order valence-corrected chi connectivity index (χ3v) is 3.03. The van der Waals surface area contributed by atoms with Crippen molar-refractivity contribution in [1.82, 2.24) is 5.32 Å². The van der Waals surface area contributed by atoms with Gasteiger partial charge in [-0.15, -0.1) is 0 Å². The second-order valence-corrected chi connectivity index (χ2v) is 4.77. The van der Waals surface area contributed by atoms with Crippen molar-refractivity contribution in [2.45, 2.75) is 6.42 Å². The van der Waals surface area contributed by atoms with Crippen molar-refractivity contribution < 1.29 is 14.3 Å². The van der Waals surface area contributed by atoms with Gasteiger partial charge in [0.05, 0.1) is 19.8 Å². The van der Waals surface area contributed by atoms with Gasteiger partial charge >= 0.3 is 0 Å². The van der Waals surface area contributed by atoms with Crippen LogP contribution in [0.1, 0.15) is 15.9 Å². The van der Waals surface area contributed by atoms with Crippen LogP contribution in [0, 0.1) is 0 Å². The van der Waals surface area contributed by atoms with Gasteiger partial charge in [-0.25, -0.2) is 0 Å². The van der Waals surface area contributed by atoms with E-state index in [1.165, 1.54) is 0 Å². The molecule has 0 aliphatic carbocycles. The SMILES string of the molecule is O=C(NCCOCCBr)c1ccc2c(c1)CCO2. The van der Waals surface area contributed by atoms with Crippen molar-refractivity contribution in [2.24, 2.45) is 0 Å². The lowest BCUT2D eigenvalue weighted by atomic mass is 10.1. The quantitative estimate of drug-likeness (QED) is 0.643. The van der Waals surface area contributed by atoms with Gasteiger partial charge in [0, 0.05) is 23.9 Å². The number of fused-ring (bicyclic) bond motifs is 1. The number of ether oxygens (including phenoxy) is 2. The zero-order chi connectivity index (χ0) is 12.8. The van der Waals surface area contributed by atoms with Crippen LogP contribution in [0.5, 0.6) is 5.75 Å². The van der Waals surface area contributed by atoms with E-state index in [1.807, 2.05) is 12.1 Å². The number of hydrogen-bond acceptors (Lipinski definition) is 3. The Balaban J connectivity index is 1.82. The summed E-state index contributed by atoms with van der Waals surface area (Å²) in [6.45, 7) is 2.43. The zero-order valence-electron chi connectivity index (χ0n) is 10.1. The Bertz CT molecular complexity index is 423. The van der Waals surface area contributed by atoms with E-state index in [9.17, 15) is 4.79 Å². The normalized spacial score (nSPS) is 12.9. The van der Waals surface area contributed by atoms with E-state index in [0.717, 1.165) is 23.1 Å². The Labute approximate surface area is 115 Å². The summed E-state index contributed by atoms with van der Waals surface area (Å²) in [5.41, 5.74) is 1.79. The minimum Gasteiger partial charge on any atom is -0.493 e. The van der Waals surface area contributed by atoms with Crippen molar-refractivity contribution in [3.63, 3.8) is 0 Å². The molecule has 18 heavy (non-hydrogen) atoms. The first-order valence-corrected chi connectivity index (χ1v) is 7.11. The summed E-state index contributed by atoms with van der Waals surface area (Å²) >= 11 is 3.27. The Morgan fingerprint density at radius 1 is 1.44 bits per heavy atom. The highest BCUT2D eigenvalue weighted by Gasteiger charge is 2.14. The predicted octanol–water partition coefficient (Wildman–Crippen LogP) is 1.76. The van der Waals surface area contributed by atoms with E-state index >= 15 is 0 Å². The van der Waals surface area contributed by atoms with Crippen LogP contribution in [-0.2, 0) is 11.2 Å². The molecule has 0 atom stereocenters. The van der Waals surface area contributed by atoms with Crippen LogP contribution >= 0.6 is 15.9 Å². The monoisotopic (exact) mass is 313 g/mol. The lowest BCUT2D eigenvalue weighted by Gasteiger charge is -2.06. The molecular weight excluding hydrogens is 298 g/mol. The number of halogens is 1. The molecule has 5 heteroatoms. The lowest BCUT2D eigenvalue weighted by molar-refractivity contribution is 0.0924. The van der Waals surface area contributed by atoms with Crippen molar-refractivity contribution >= 4 is 21.8 Å². The van der Waals surface area contributed by atoms with Crippen molar-refractivity contribution in [3.05, 3.63) is 29.3 Å². The summed E-state index contributed by atoms with van der Waals surface area (Å²) in [5, 5.41) is 3.64. The minimum atomic E-state index is -0.0628. The molecule has 1 aliphatic rings. The van der Waals surface area contributed by atoms with E-state index in [-0.39, 0.29) is 5.91 Å². The number of benzene rings is 1. The summed E-state index contributed by atoms with van der Waals surface area (Å²) in [6.07, 6.45) is 0.880. The molecule has 1 aliphatic heterocycles.